The summed E-state index contributed by atoms with van der Waals surface area (Å²) in [6.45, 7) is 0.531. The van der Waals surface area contributed by atoms with Crippen molar-refractivity contribution in [2.75, 3.05) is 26.7 Å². The minimum atomic E-state index is -5.23. The summed E-state index contributed by atoms with van der Waals surface area (Å²) in [4.78, 5) is 4.15. The van der Waals surface area contributed by atoms with Gasteiger partial charge in [0.1, 0.15) is 0 Å². The zero-order valence-electron chi connectivity index (χ0n) is 15.2. The molecule has 0 radical (unpaired) electrons. The van der Waals surface area contributed by atoms with Gasteiger partial charge in [0.05, 0.1) is 0 Å². The van der Waals surface area contributed by atoms with Crippen LogP contribution in [0.5, 0.6) is 0 Å². The molecule has 0 spiro atoms. The van der Waals surface area contributed by atoms with Gasteiger partial charge < -0.3 is 10.6 Å². The number of alkyl halides is 3. The van der Waals surface area contributed by atoms with Crippen molar-refractivity contribution in [2.24, 2.45) is 10.9 Å². The Hall–Kier alpha value is -1.03. The van der Waals surface area contributed by atoms with Crippen molar-refractivity contribution >= 4 is 16.0 Å². The van der Waals surface area contributed by atoms with E-state index in [1.165, 1.54) is 32.1 Å². The first kappa shape index (κ1) is 21.3. The summed E-state index contributed by atoms with van der Waals surface area (Å²) in [5.41, 5.74) is -5.23. The lowest BCUT2D eigenvalue weighted by Gasteiger charge is -2.32. The highest BCUT2D eigenvalue weighted by Gasteiger charge is 2.50. The van der Waals surface area contributed by atoms with E-state index >= 15 is 0 Å². The lowest BCUT2D eigenvalue weighted by molar-refractivity contribution is -0.0494. The van der Waals surface area contributed by atoms with Crippen LogP contribution < -0.4 is 10.6 Å². The van der Waals surface area contributed by atoms with E-state index in [1.807, 2.05) is 0 Å². The third kappa shape index (κ3) is 5.73. The van der Waals surface area contributed by atoms with Crippen molar-refractivity contribution in [3.05, 3.63) is 0 Å². The van der Waals surface area contributed by atoms with Crippen LogP contribution in [-0.4, -0.2) is 56.9 Å². The third-order valence-electron chi connectivity index (χ3n) is 5.22. The van der Waals surface area contributed by atoms with Gasteiger partial charge in [-0.15, -0.1) is 0 Å². The van der Waals surface area contributed by atoms with Crippen LogP contribution in [-0.2, 0) is 10.0 Å². The van der Waals surface area contributed by atoms with E-state index in [4.69, 9.17) is 0 Å². The van der Waals surface area contributed by atoms with Crippen molar-refractivity contribution in [3.63, 3.8) is 0 Å². The standard InChI is InChI=1S/C16H29F3N4O2S/c1-20-15(21-10-7-13-5-3-2-4-6-13)22-14-8-11-23(12-9-14)26(24,25)16(17,18)19/h13-14H,2-12H2,1H3,(H2,20,21,22). The maximum absolute atomic E-state index is 12.6. The van der Waals surface area contributed by atoms with Crippen LogP contribution in [0.25, 0.3) is 0 Å². The molecule has 0 aromatic carbocycles. The van der Waals surface area contributed by atoms with Gasteiger partial charge in [0.15, 0.2) is 5.96 Å². The summed E-state index contributed by atoms with van der Waals surface area (Å²) in [5.74, 6) is 1.38. The van der Waals surface area contributed by atoms with Gasteiger partial charge >= 0.3 is 15.5 Å². The first-order valence-corrected chi connectivity index (χ1v) is 10.7. The Labute approximate surface area is 153 Å². The molecule has 1 aliphatic heterocycles. The summed E-state index contributed by atoms with van der Waals surface area (Å²) >= 11 is 0. The molecule has 0 aromatic heterocycles. The van der Waals surface area contributed by atoms with E-state index in [9.17, 15) is 21.6 Å². The predicted molar refractivity (Wildman–Crippen MR) is 95.3 cm³/mol. The molecular weight excluding hydrogens is 369 g/mol. The largest absolute Gasteiger partial charge is 0.511 e. The fourth-order valence-electron chi connectivity index (χ4n) is 3.65. The lowest BCUT2D eigenvalue weighted by Crippen LogP contribution is -2.51. The molecule has 0 amide bonds. The second-order valence-electron chi connectivity index (χ2n) is 7.06. The van der Waals surface area contributed by atoms with Crippen LogP contribution in [0.3, 0.4) is 0 Å². The molecular formula is C16H29F3N4O2S. The zero-order valence-corrected chi connectivity index (χ0v) is 16.0. The quantitative estimate of drug-likeness (QED) is 0.551. The molecule has 152 valence electrons. The second-order valence-corrected chi connectivity index (χ2v) is 8.99. The molecule has 1 heterocycles. The van der Waals surface area contributed by atoms with E-state index in [1.54, 1.807) is 7.05 Å². The van der Waals surface area contributed by atoms with Crippen molar-refractivity contribution in [1.82, 2.24) is 14.9 Å². The smallest absolute Gasteiger partial charge is 0.356 e. The number of hydrogen-bond donors (Lipinski definition) is 2. The van der Waals surface area contributed by atoms with Gasteiger partial charge in [-0.05, 0) is 25.2 Å². The van der Waals surface area contributed by atoms with E-state index in [-0.39, 0.29) is 19.1 Å². The molecule has 1 saturated heterocycles. The summed E-state index contributed by atoms with van der Waals surface area (Å²) in [7, 11) is -3.57. The molecule has 6 nitrogen and oxygen atoms in total. The molecule has 2 fully saturated rings. The molecule has 0 atom stereocenters. The van der Waals surface area contributed by atoms with Crippen molar-refractivity contribution in [2.45, 2.75) is 62.9 Å². The van der Waals surface area contributed by atoms with Crippen LogP contribution in [0.15, 0.2) is 4.99 Å². The average molecular weight is 398 g/mol. The summed E-state index contributed by atoms with van der Waals surface area (Å²) in [5, 5.41) is 6.45. The molecule has 0 bridgehead atoms. The number of halogens is 3. The molecule has 0 unspecified atom stereocenters. The van der Waals surface area contributed by atoms with Gasteiger partial charge in [0.2, 0.25) is 0 Å². The molecule has 0 aromatic rings. The Morgan fingerprint density at radius 1 is 1.12 bits per heavy atom. The molecule has 26 heavy (non-hydrogen) atoms. The SMILES string of the molecule is CN=C(NCCC1CCCCC1)NC1CCN(S(=O)(=O)C(F)(F)F)CC1. The molecule has 1 saturated carbocycles. The monoisotopic (exact) mass is 398 g/mol. The average Bonchev–Trinajstić information content (AvgIpc) is 2.61. The van der Waals surface area contributed by atoms with Gasteiger partial charge in [0.25, 0.3) is 0 Å². The number of rotatable bonds is 5. The minimum Gasteiger partial charge on any atom is -0.356 e. The van der Waals surface area contributed by atoms with Crippen LogP contribution in [0.2, 0.25) is 0 Å². The van der Waals surface area contributed by atoms with Crippen LogP contribution in [0.1, 0.15) is 51.4 Å². The fourth-order valence-corrected chi connectivity index (χ4v) is 4.63. The number of nitrogens with one attached hydrogen (secondary N) is 2. The molecule has 10 heteroatoms. The lowest BCUT2D eigenvalue weighted by atomic mass is 9.87. The van der Waals surface area contributed by atoms with Crippen LogP contribution >= 0.6 is 0 Å². The van der Waals surface area contributed by atoms with Gasteiger partial charge in [0, 0.05) is 32.7 Å². The zero-order chi connectivity index (χ0) is 19.2. The summed E-state index contributed by atoms with van der Waals surface area (Å²) in [6, 6.07) is -0.0874. The van der Waals surface area contributed by atoms with Gasteiger partial charge in [-0.25, -0.2) is 8.42 Å². The number of hydrogen-bond acceptors (Lipinski definition) is 3. The molecule has 1 aliphatic carbocycles. The topological polar surface area (TPSA) is 73.8 Å². The first-order chi connectivity index (χ1) is 12.2. The van der Waals surface area contributed by atoms with E-state index in [0.29, 0.717) is 23.1 Å². The number of guanidine groups is 1. The van der Waals surface area contributed by atoms with Gasteiger partial charge in [-0.2, -0.15) is 17.5 Å². The van der Waals surface area contributed by atoms with E-state index in [2.05, 4.69) is 15.6 Å². The Kier molecular flexibility index (Phi) is 7.57. The van der Waals surface area contributed by atoms with Gasteiger partial charge in [-0.3, -0.25) is 4.99 Å². The normalized spacial score (nSPS) is 22.4. The van der Waals surface area contributed by atoms with E-state index < -0.39 is 15.5 Å². The predicted octanol–water partition coefficient (Wildman–Crippen LogP) is 2.44. The van der Waals surface area contributed by atoms with Gasteiger partial charge in [-0.1, -0.05) is 32.1 Å². The number of sulfonamides is 1. The maximum atomic E-state index is 12.6. The van der Waals surface area contributed by atoms with Crippen molar-refractivity contribution < 1.29 is 21.6 Å². The first-order valence-electron chi connectivity index (χ1n) is 9.27. The summed E-state index contributed by atoms with van der Waals surface area (Å²) in [6.07, 6.45) is 8.21. The number of piperidine rings is 1. The minimum absolute atomic E-state index is 0.0874. The van der Waals surface area contributed by atoms with Crippen molar-refractivity contribution in [1.29, 1.82) is 0 Å². The Morgan fingerprint density at radius 3 is 2.27 bits per heavy atom. The van der Waals surface area contributed by atoms with Crippen molar-refractivity contribution in [3.8, 4) is 0 Å². The second kappa shape index (κ2) is 9.25. The fraction of sp³-hybridized carbons (Fsp3) is 0.938. The molecule has 2 N–H and O–H groups in total. The number of nitrogens with zero attached hydrogens (tertiary/aromatic N) is 2. The molecule has 2 rings (SSSR count). The Balaban J connectivity index is 1.73. The third-order valence-corrected chi connectivity index (χ3v) is 6.85. The summed E-state index contributed by atoms with van der Waals surface area (Å²) < 4.78 is 61.2. The van der Waals surface area contributed by atoms with Crippen LogP contribution in [0, 0.1) is 5.92 Å². The van der Waals surface area contributed by atoms with Crippen LogP contribution in [0.4, 0.5) is 13.2 Å². The van der Waals surface area contributed by atoms with E-state index in [0.717, 1.165) is 18.9 Å². The highest BCUT2D eigenvalue weighted by molar-refractivity contribution is 7.90. The molecule has 2 aliphatic rings. The number of aliphatic imine (C=N–C) groups is 1. The maximum Gasteiger partial charge on any atom is 0.511 e. The Bertz CT molecular complexity index is 567. The Morgan fingerprint density at radius 2 is 1.73 bits per heavy atom. The highest BCUT2D eigenvalue weighted by atomic mass is 32.2. The highest BCUT2D eigenvalue weighted by Crippen LogP contribution is 2.29.